The van der Waals surface area contributed by atoms with Crippen molar-refractivity contribution in [2.45, 2.75) is 19.9 Å². The van der Waals surface area contributed by atoms with E-state index in [1.165, 1.54) is 7.11 Å². The third-order valence-electron chi connectivity index (χ3n) is 6.26. The predicted molar refractivity (Wildman–Crippen MR) is 129 cm³/mol. The molecule has 3 aromatic rings. The minimum atomic E-state index is -0.516. The first-order chi connectivity index (χ1) is 15.9. The average Bonchev–Trinajstić information content (AvgIpc) is 3.20. The number of nitrogens with zero attached hydrogens (tertiary/aromatic N) is 2. The van der Waals surface area contributed by atoms with Crippen molar-refractivity contribution in [3.63, 3.8) is 0 Å². The summed E-state index contributed by atoms with van der Waals surface area (Å²) in [5.74, 6) is 0.173. The van der Waals surface area contributed by atoms with Crippen molar-refractivity contribution < 1.29 is 19.1 Å². The fourth-order valence-electron chi connectivity index (χ4n) is 4.33. The largest absolute Gasteiger partial charge is 0.495 e. The number of hydrogen-bond donors (Lipinski definition) is 2. The molecule has 1 aliphatic heterocycles. The van der Waals surface area contributed by atoms with Gasteiger partial charge in [0.15, 0.2) is 0 Å². The molecule has 4 rings (SSSR count). The number of piperazine rings is 1. The highest BCUT2D eigenvalue weighted by molar-refractivity contribution is 6.11. The van der Waals surface area contributed by atoms with E-state index in [-0.39, 0.29) is 17.6 Å². The van der Waals surface area contributed by atoms with E-state index in [1.54, 1.807) is 7.11 Å². The second kappa shape index (κ2) is 9.54. The van der Waals surface area contributed by atoms with Crippen LogP contribution in [0.2, 0.25) is 0 Å². The van der Waals surface area contributed by atoms with Crippen LogP contribution in [0.5, 0.6) is 5.75 Å². The lowest BCUT2D eigenvalue weighted by Crippen LogP contribution is -2.53. The van der Waals surface area contributed by atoms with Crippen LogP contribution < -0.4 is 15.0 Å². The number of carbonyl (C=O) groups is 2. The monoisotopic (exact) mass is 450 g/mol. The number of carbonyl (C=O) groups excluding carboxylic acids is 2. The van der Waals surface area contributed by atoms with Crippen LogP contribution in [0.25, 0.3) is 10.9 Å². The Morgan fingerprint density at radius 3 is 2.48 bits per heavy atom. The molecular weight excluding hydrogens is 420 g/mol. The summed E-state index contributed by atoms with van der Waals surface area (Å²) >= 11 is 0. The SMILES string of the molecule is COC(=O)c1[nH]c2ccc(C)cc2c1NC(=O)[C@H](C)N1CCN(c2ccccc2OC)CC1. The number of anilines is 2. The first-order valence-electron chi connectivity index (χ1n) is 11.1. The summed E-state index contributed by atoms with van der Waals surface area (Å²) in [6, 6.07) is 13.4. The van der Waals surface area contributed by atoms with Crippen LogP contribution >= 0.6 is 0 Å². The lowest BCUT2D eigenvalue weighted by molar-refractivity contribution is -0.120. The predicted octanol–water partition coefficient (Wildman–Crippen LogP) is 3.42. The molecule has 1 aromatic heterocycles. The highest BCUT2D eigenvalue weighted by atomic mass is 16.5. The van der Waals surface area contributed by atoms with Crippen molar-refractivity contribution in [2.75, 3.05) is 50.6 Å². The number of para-hydroxylation sites is 2. The third kappa shape index (κ3) is 4.52. The quantitative estimate of drug-likeness (QED) is 0.560. The van der Waals surface area contributed by atoms with E-state index in [0.29, 0.717) is 5.69 Å². The molecule has 0 saturated carbocycles. The zero-order valence-corrected chi connectivity index (χ0v) is 19.5. The van der Waals surface area contributed by atoms with Gasteiger partial charge in [-0.25, -0.2) is 4.79 Å². The number of fused-ring (bicyclic) bond motifs is 1. The fraction of sp³-hybridized carbons (Fsp3) is 0.360. The summed E-state index contributed by atoms with van der Waals surface area (Å²) in [5, 5.41) is 3.78. The van der Waals surface area contributed by atoms with E-state index in [2.05, 4.69) is 26.2 Å². The fourth-order valence-corrected chi connectivity index (χ4v) is 4.33. The second-order valence-corrected chi connectivity index (χ2v) is 8.28. The molecule has 0 radical (unpaired) electrons. The summed E-state index contributed by atoms with van der Waals surface area (Å²) in [6.07, 6.45) is 0. The Labute approximate surface area is 193 Å². The third-order valence-corrected chi connectivity index (χ3v) is 6.26. The Morgan fingerprint density at radius 2 is 1.79 bits per heavy atom. The lowest BCUT2D eigenvalue weighted by atomic mass is 10.1. The van der Waals surface area contributed by atoms with Crippen LogP contribution in [-0.4, -0.2) is 68.2 Å². The molecule has 1 aliphatic rings. The Hall–Kier alpha value is -3.52. The maximum absolute atomic E-state index is 13.2. The van der Waals surface area contributed by atoms with E-state index < -0.39 is 5.97 Å². The second-order valence-electron chi connectivity index (χ2n) is 8.28. The standard InChI is InChI=1S/C25H30N4O4/c1-16-9-10-19-18(15-16)22(23(26-19)25(31)33-4)27-24(30)17(2)28-11-13-29(14-12-28)20-7-5-6-8-21(20)32-3/h5-10,15,17,26H,11-14H2,1-4H3,(H,27,30)/t17-/m0/s1. The molecule has 0 bridgehead atoms. The van der Waals surface area contributed by atoms with Gasteiger partial charge >= 0.3 is 5.97 Å². The van der Waals surface area contributed by atoms with Crippen molar-refractivity contribution in [1.29, 1.82) is 0 Å². The maximum atomic E-state index is 13.2. The minimum Gasteiger partial charge on any atom is -0.495 e. The Kier molecular flexibility index (Phi) is 6.55. The minimum absolute atomic E-state index is 0.159. The van der Waals surface area contributed by atoms with E-state index in [9.17, 15) is 9.59 Å². The molecule has 1 fully saturated rings. The number of ether oxygens (including phenoxy) is 2. The van der Waals surface area contributed by atoms with Crippen LogP contribution in [-0.2, 0) is 9.53 Å². The molecule has 174 valence electrons. The van der Waals surface area contributed by atoms with Crippen molar-refractivity contribution in [3.05, 3.63) is 53.7 Å². The molecule has 8 nitrogen and oxygen atoms in total. The van der Waals surface area contributed by atoms with Gasteiger partial charge in [0.05, 0.1) is 31.6 Å². The van der Waals surface area contributed by atoms with Crippen molar-refractivity contribution in [3.8, 4) is 5.75 Å². The summed E-state index contributed by atoms with van der Waals surface area (Å²) in [6.45, 7) is 6.92. The molecular formula is C25H30N4O4. The Bertz CT molecular complexity index is 1160. The van der Waals surface area contributed by atoms with E-state index >= 15 is 0 Å². The van der Waals surface area contributed by atoms with Gasteiger partial charge in [-0.1, -0.05) is 23.8 Å². The molecule has 1 atom stereocenters. The smallest absolute Gasteiger partial charge is 0.356 e. The molecule has 0 aliphatic carbocycles. The van der Waals surface area contributed by atoms with Crippen LogP contribution in [0, 0.1) is 6.92 Å². The van der Waals surface area contributed by atoms with Gasteiger partial charge in [-0.15, -0.1) is 0 Å². The zero-order chi connectivity index (χ0) is 23.5. The van der Waals surface area contributed by atoms with Crippen LogP contribution in [0.1, 0.15) is 23.0 Å². The number of aromatic amines is 1. The summed E-state index contributed by atoms with van der Waals surface area (Å²) < 4.78 is 10.4. The van der Waals surface area contributed by atoms with Gasteiger partial charge in [-0.2, -0.15) is 0 Å². The molecule has 33 heavy (non-hydrogen) atoms. The van der Waals surface area contributed by atoms with Gasteiger partial charge in [0.1, 0.15) is 11.4 Å². The van der Waals surface area contributed by atoms with Gasteiger partial charge < -0.3 is 24.7 Å². The average molecular weight is 451 g/mol. The van der Waals surface area contributed by atoms with Crippen molar-refractivity contribution >= 4 is 34.2 Å². The van der Waals surface area contributed by atoms with Gasteiger partial charge in [0.25, 0.3) is 0 Å². The molecule has 1 amide bonds. The van der Waals surface area contributed by atoms with E-state index in [4.69, 9.17) is 9.47 Å². The Balaban J connectivity index is 1.48. The van der Waals surface area contributed by atoms with Gasteiger partial charge in [-0.3, -0.25) is 9.69 Å². The summed E-state index contributed by atoms with van der Waals surface area (Å²) in [5.41, 5.74) is 3.58. The molecule has 2 aromatic carbocycles. The molecule has 0 unspecified atom stereocenters. The first kappa shape index (κ1) is 22.7. The summed E-state index contributed by atoms with van der Waals surface area (Å²) in [4.78, 5) is 33.0. The first-order valence-corrected chi connectivity index (χ1v) is 11.1. The van der Waals surface area contributed by atoms with Crippen LogP contribution in [0.15, 0.2) is 42.5 Å². The maximum Gasteiger partial charge on any atom is 0.356 e. The Morgan fingerprint density at radius 1 is 1.06 bits per heavy atom. The lowest BCUT2D eigenvalue weighted by Gasteiger charge is -2.38. The number of aryl methyl sites for hydroxylation is 1. The normalized spacial score (nSPS) is 15.3. The number of rotatable bonds is 6. The van der Waals surface area contributed by atoms with Crippen LogP contribution in [0.4, 0.5) is 11.4 Å². The highest BCUT2D eigenvalue weighted by Gasteiger charge is 2.28. The number of hydrogen-bond acceptors (Lipinski definition) is 6. The molecule has 1 saturated heterocycles. The number of benzene rings is 2. The van der Waals surface area contributed by atoms with E-state index in [0.717, 1.165) is 54.1 Å². The summed E-state index contributed by atoms with van der Waals surface area (Å²) in [7, 11) is 3.00. The number of H-pyrrole nitrogens is 1. The highest BCUT2D eigenvalue weighted by Crippen LogP contribution is 2.31. The molecule has 8 heteroatoms. The number of methoxy groups -OCH3 is 2. The van der Waals surface area contributed by atoms with Crippen LogP contribution in [0.3, 0.4) is 0 Å². The van der Waals surface area contributed by atoms with Gasteiger partial charge in [0.2, 0.25) is 5.91 Å². The molecule has 2 N–H and O–H groups in total. The van der Waals surface area contributed by atoms with Crippen molar-refractivity contribution in [1.82, 2.24) is 9.88 Å². The van der Waals surface area contributed by atoms with E-state index in [1.807, 2.05) is 50.2 Å². The zero-order valence-electron chi connectivity index (χ0n) is 19.5. The number of amides is 1. The topological polar surface area (TPSA) is 86.9 Å². The van der Waals surface area contributed by atoms with Gasteiger partial charge in [-0.05, 0) is 38.1 Å². The molecule has 2 heterocycles. The number of nitrogens with one attached hydrogen (secondary N) is 2. The number of esters is 1. The number of aromatic nitrogens is 1. The van der Waals surface area contributed by atoms with Crippen molar-refractivity contribution in [2.24, 2.45) is 0 Å². The van der Waals surface area contributed by atoms with Gasteiger partial charge in [0, 0.05) is 37.1 Å². The molecule has 0 spiro atoms.